The Hall–Kier alpha value is -1.72. The Morgan fingerprint density at radius 2 is 2.15 bits per heavy atom. The lowest BCUT2D eigenvalue weighted by Crippen LogP contribution is -2.47. The molecule has 0 bridgehead atoms. The normalized spacial score (nSPS) is 16.1. The van der Waals surface area contributed by atoms with Gasteiger partial charge in [0.15, 0.2) is 0 Å². The van der Waals surface area contributed by atoms with E-state index in [1.807, 2.05) is 0 Å². The van der Waals surface area contributed by atoms with Crippen LogP contribution in [-0.4, -0.2) is 35.4 Å². The second-order valence-corrected chi connectivity index (χ2v) is 5.93. The first-order chi connectivity index (χ1) is 9.70. The first kappa shape index (κ1) is 13.3. The molecule has 3 rings (SSSR count). The molecule has 2 heterocycles. The maximum absolute atomic E-state index is 11.4. The fraction of sp³-hybridized carbons (Fsp3) is 0.333. The van der Waals surface area contributed by atoms with Crippen molar-refractivity contribution in [2.24, 2.45) is 0 Å². The topological polar surface area (TPSA) is 45.2 Å². The summed E-state index contributed by atoms with van der Waals surface area (Å²) in [5.74, 6) is 0.102. The average molecular weight is 287 g/mol. The zero-order valence-corrected chi connectivity index (χ0v) is 12.2. The number of benzene rings is 1. The highest BCUT2D eigenvalue weighted by atomic mass is 32.1. The molecular formula is C15H17N3OS. The number of rotatable bonds is 3. The number of thiazole rings is 1. The van der Waals surface area contributed by atoms with E-state index in [0.29, 0.717) is 6.54 Å². The standard InChI is InChI=1S/C15H17N3OS/c1-11-2-4-12(5-3-11)15-17-13(10-20-15)8-18-7-6-16-14(19)9-18/h2-5,10H,6-9H2,1H3,(H,16,19). The number of carbonyl (C=O) groups is 1. The summed E-state index contributed by atoms with van der Waals surface area (Å²) < 4.78 is 0. The molecule has 1 saturated heterocycles. The third-order valence-electron chi connectivity index (χ3n) is 3.35. The third-order valence-corrected chi connectivity index (χ3v) is 4.29. The van der Waals surface area contributed by atoms with Gasteiger partial charge in [-0.15, -0.1) is 11.3 Å². The van der Waals surface area contributed by atoms with Gasteiger partial charge < -0.3 is 5.32 Å². The van der Waals surface area contributed by atoms with Gasteiger partial charge in [0.25, 0.3) is 0 Å². The largest absolute Gasteiger partial charge is 0.354 e. The lowest BCUT2D eigenvalue weighted by Gasteiger charge is -2.25. The van der Waals surface area contributed by atoms with Crippen molar-refractivity contribution < 1.29 is 4.79 Å². The summed E-state index contributed by atoms with van der Waals surface area (Å²) in [7, 11) is 0. The first-order valence-electron chi connectivity index (χ1n) is 6.71. The van der Waals surface area contributed by atoms with Gasteiger partial charge in [0.05, 0.1) is 12.2 Å². The molecule has 1 aromatic heterocycles. The monoisotopic (exact) mass is 287 g/mol. The molecule has 20 heavy (non-hydrogen) atoms. The molecule has 0 saturated carbocycles. The molecule has 104 valence electrons. The SMILES string of the molecule is Cc1ccc(-c2nc(CN3CCNC(=O)C3)cs2)cc1. The van der Waals surface area contributed by atoms with Crippen molar-refractivity contribution in [2.45, 2.75) is 13.5 Å². The third kappa shape index (κ3) is 3.05. The van der Waals surface area contributed by atoms with Gasteiger partial charge in [-0.25, -0.2) is 4.98 Å². The van der Waals surface area contributed by atoms with E-state index in [1.54, 1.807) is 11.3 Å². The average Bonchev–Trinajstić information content (AvgIpc) is 2.88. The second-order valence-electron chi connectivity index (χ2n) is 5.07. The summed E-state index contributed by atoms with van der Waals surface area (Å²) in [6, 6.07) is 8.41. The van der Waals surface area contributed by atoms with E-state index in [1.165, 1.54) is 5.56 Å². The Morgan fingerprint density at radius 1 is 1.35 bits per heavy atom. The van der Waals surface area contributed by atoms with Crippen LogP contribution in [0.5, 0.6) is 0 Å². The lowest BCUT2D eigenvalue weighted by molar-refractivity contribution is -0.124. The van der Waals surface area contributed by atoms with E-state index < -0.39 is 0 Å². The minimum atomic E-state index is 0.102. The lowest BCUT2D eigenvalue weighted by atomic mass is 10.2. The Bertz CT molecular complexity index is 606. The minimum Gasteiger partial charge on any atom is -0.354 e. The van der Waals surface area contributed by atoms with Crippen molar-refractivity contribution in [1.29, 1.82) is 0 Å². The number of nitrogens with zero attached hydrogens (tertiary/aromatic N) is 2. The fourth-order valence-corrected chi connectivity index (χ4v) is 3.08. The summed E-state index contributed by atoms with van der Waals surface area (Å²) in [6.45, 7) is 4.92. The summed E-state index contributed by atoms with van der Waals surface area (Å²) in [6.07, 6.45) is 0. The first-order valence-corrected chi connectivity index (χ1v) is 7.59. The number of aryl methyl sites for hydroxylation is 1. The Balaban J connectivity index is 1.70. The molecule has 0 aliphatic carbocycles. The van der Waals surface area contributed by atoms with Crippen LogP contribution in [0, 0.1) is 6.92 Å². The molecule has 1 amide bonds. The highest BCUT2D eigenvalue weighted by Crippen LogP contribution is 2.24. The molecule has 0 atom stereocenters. The van der Waals surface area contributed by atoms with Crippen LogP contribution >= 0.6 is 11.3 Å². The molecule has 1 aliphatic rings. The number of carbonyl (C=O) groups excluding carboxylic acids is 1. The molecule has 0 unspecified atom stereocenters. The Labute approximate surface area is 122 Å². The molecule has 4 nitrogen and oxygen atoms in total. The molecule has 5 heteroatoms. The molecule has 1 aliphatic heterocycles. The fourth-order valence-electron chi connectivity index (χ4n) is 2.26. The predicted octanol–water partition coefficient (Wildman–Crippen LogP) is 2.05. The highest BCUT2D eigenvalue weighted by molar-refractivity contribution is 7.13. The second kappa shape index (κ2) is 5.73. The number of aromatic nitrogens is 1. The summed E-state index contributed by atoms with van der Waals surface area (Å²) in [4.78, 5) is 18.2. The van der Waals surface area contributed by atoms with Crippen molar-refractivity contribution in [2.75, 3.05) is 19.6 Å². The van der Waals surface area contributed by atoms with Crippen LogP contribution in [0.4, 0.5) is 0 Å². The zero-order chi connectivity index (χ0) is 13.9. The molecule has 2 aromatic rings. The van der Waals surface area contributed by atoms with Crippen LogP contribution < -0.4 is 5.32 Å². The van der Waals surface area contributed by atoms with E-state index >= 15 is 0 Å². The molecule has 0 spiro atoms. The van der Waals surface area contributed by atoms with E-state index in [0.717, 1.165) is 35.9 Å². The van der Waals surface area contributed by atoms with E-state index in [2.05, 4.69) is 51.8 Å². The number of piperazine rings is 1. The van der Waals surface area contributed by atoms with Crippen LogP contribution in [-0.2, 0) is 11.3 Å². The minimum absolute atomic E-state index is 0.102. The van der Waals surface area contributed by atoms with Crippen molar-refractivity contribution in [1.82, 2.24) is 15.2 Å². The van der Waals surface area contributed by atoms with Gasteiger partial charge in [0.2, 0.25) is 5.91 Å². The van der Waals surface area contributed by atoms with Gasteiger partial charge in [-0.3, -0.25) is 9.69 Å². The van der Waals surface area contributed by atoms with Gasteiger partial charge >= 0.3 is 0 Å². The molecular weight excluding hydrogens is 270 g/mol. The summed E-state index contributed by atoms with van der Waals surface area (Å²) in [5.41, 5.74) is 3.45. The highest BCUT2D eigenvalue weighted by Gasteiger charge is 2.17. The summed E-state index contributed by atoms with van der Waals surface area (Å²) in [5, 5.41) is 5.96. The van der Waals surface area contributed by atoms with Gasteiger partial charge in [0, 0.05) is 30.6 Å². The Morgan fingerprint density at radius 3 is 2.90 bits per heavy atom. The quantitative estimate of drug-likeness (QED) is 0.940. The van der Waals surface area contributed by atoms with Gasteiger partial charge in [0.1, 0.15) is 5.01 Å². The maximum atomic E-state index is 11.4. The molecule has 0 radical (unpaired) electrons. The molecule has 1 N–H and O–H groups in total. The molecule has 1 aromatic carbocycles. The smallest absolute Gasteiger partial charge is 0.234 e. The zero-order valence-electron chi connectivity index (χ0n) is 11.4. The van der Waals surface area contributed by atoms with Crippen LogP contribution in [0.1, 0.15) is 11.3 Å². The number of hydrogen-bond acceptors (Lipinski definition) is 4. The van der Waals surface area contributed by atoms with Crippen molar-refractivity contribution in [3.8, 4) is 10.6 Å². The number of hydrogen-bond donors (Lipinski definition) is 1. The van der Waals surface area contributed by atoms with Crippen LogP contribution in [0.25, 0.3) is 10.6 Å². The van der Waals surface area contributed by atoms with Crippen molar-refractivity contribution in [3.05, 3.63) is 40.9 Å². The van der Waals surface area contributed by atoms with E-state index in [-0.39, 0.29) is 5.91 Å². The van der Waals surface area contributed by atoms with E-state index in [9.17, 15) is 4.79 Å². The molecule has 1 fully saturated rings. The number of amides is 1. The van der Waals surface area contributed by atoms with Crippen molar-refractivity contribution >= 4 is 17.2 Å². The van der Waals surface area contributed by atoms with Gasteiger partial charge in [-0.2, -0.15) is 0 Å². The van der Waals surface area contributed by atoms with E-state index in [4.69, 9.17) is 0 Å². The van der Waals surface area contributed by atoms with Crippen LogP contribution in [0.15, 0.2) is 29.6 Å². The predicted molar refractivity (Wildman–Crippen MR) is 80.6 cm³/mol. The van der Waals surface area contributed by atoms with Crippen LogP contribution in [0.2, 0.25) is 0 Å². The van der Waals surface area contributed by atoms with Crippen molar-refractivity contribution in [3.63, 3.8) is 0 Å². The maximum Gasteiger partial charge on any atom is 0.234 e. The van der Waals surface area contributed by atoms with Gasteiger partial charge in [-0.1, -0.05) is 29.8 Å². The van der Waals surface area contributed by atoms with Crippen LogP contribution in [0.3, 0.4) is 0 Å². The summed E-state index contributed by atoms with van der Waals surface area (Å²) >= 11 is 1.66. The number of nitrogens with one attached hydrogen (secondary N) is 1. The Kier molecular flexibility index (Phi) is 3.80. The van der Waals surface area contributed by atoms with Gasteiger partial charge in [-0.05, 0) is 6.92 Å².